The van der Waals surface area contributed by atoms with Crippen molar-refractivity contribution in [3.8, 4) is 0 Å². The maximum Gasteiger partial charge on any atom is 0.123 e. The number of hydrogen-bond acceptors (Lipinski definition) is 2. The molecule has 0 amide bonds. The van der Waals surface area contributed by atoms with Crippen LogP contribution in [0, 0.1) is 12.7 Å². The fourth-order valence-electron chi connectivity index (χ4n) is 4.47. The van der Waals surface area contributed by atoms with Crippen LogP contribution in [0.1, 0.15) is 27.3 Å². The lowest BCUT2D eigenvalue weighted by Crippen LogP contribution is -2.30. The highest BCUT2D eigenvalue weighted by molar-refractivity contribution is 7.18. The van der Waals surface area contributed by atoms with E-state index in [0.29, 0.717) is 0 Å². The second-order valence-corrected chi connectivity index (χ2v) is 9.25. The fraction of sp³-hybridized carbons (Fsp3) is 0.231. The Morgan fingerprint density at radius 2 is 1.93 bits per heavy atom. The molecule has 3 heterocycles. The van der Waals surface area contributed by atoms with Crippen LogP contribution in [-0.4, -0.2) is 16.0 Å². The molecule has 5 rings (SSSR count). The van der Waals surface area contributed by atoms with Gasteiger partial charge in [0.25, 0.3) is 0 Å². The van der Waals surface area contributed by atoms with Gasteiger partial charge in [-0.1, -0.05) is 54.6 Å². The Morgan fingerprint density at radius 3 is 2.77 bits per heavy atom. The summed E-state index contributed by atoms with van der Waals surface area (Å²) in [4.78, 5) is 5.17. The monoisotopic (exact) mass is 416 g/mol. The van der Waals surface area contributed by atoms with Gasteiger partial charge in [0.05, 0.1) is 0 Å². The van der Waals surface area contributed by atoms with Gasteiger partial charge in [-0.2, -0.15) is 0 Å². The molecule has 0 atom stereocenters. The standard InChI is InChI=1S/C26H25FN2S/c1-19-15-23-24-18-28(17-21-9-5-11-22(27)16-21)14-12-25(24)29(26(23)30-19)13-6-10-20-7-3-2-4-8-20/h2-11,15-16H,12-14,17-18H2,1H3. The maximum absolute atomic E-state index is 13.6. The largest absolute Gasteiger partial charge is 0.332 e. The minimum absolute atomic E-state index is 0.155. The summed E-state index contributed by atoms with van der Waals surface area (Å²) in [6, 6.07) is 19.8. The lowest BCUT2D eigenvalue weighted by atomic mass is 10.0. The lowest BCUT2D eigenvalue weighted by molar-refractivity contribution is 0.243. The second-order valence-electron chi connectivity index (χ2n) is 8.02. The number of benzene rings is 2. The Kier molecular flexibility index (Phi) is 5.28. The van der Waals surface area contributed by atoms with Gasteiger partial charge in [-0.3, -0.25) is 4.90 Å². The number of nitrogens with zero attached hydrogens (tertiary/aromatic N) is 2. The Balaban J connectivity index is 1.42. The van der Waals surface area contributed by atoms with Gasteiger partial charge in [0.1, 0.15) is 10.6 Å². The lowest BCUT2D eigenvalue weighted by Gasteiger charge is -2.28. The average molecular weight is 417 g/mol. The quantitative estimate of drug-likeness (QED) is 0.364. The van der Waals surface area contributed by atoms with Crippen LogP contribution < -0.4 is 0 Å². The molecule has 2 aromatic carbocycles. The van der Waals surface area contributed by atoms with Crippen LogP contribution >= 0.6 is 11.3 Å². The van der Waals surface area contributed by atoms with Crippen LogP contribution in [0.25, 0.3) is 16.3 Å². The first-order valence-corrected chi connectivity index (χ1v) is 11.3. The van der Waals surface area contributed by atoms with Crippen molar-refractivity contribution in [2.45, 2.75) is 33.0 Å². The Morgan fingerprint density at radius 1 is 1.07 bits per heavy atom. The van der Waals surface area contributed by atoms with Gasteiger partial charge in [0.2, 0.25) is 0 Å². The zero-order valence-electron chi connectivity index (χ0n) is 17.1. The van der Waals surface area contributed by atoms with Gasteiger partial charge < -0.3 is 4.57 Å². The molecular formula is C26H25FN2S. The van der Waals surface area contributed by atoms with Gasteiger partial charge >= 0.3 is 0 Å². The van der Waals surface area contributed by atoms with Crippen LogP contribution in [-0.2, 0) is 26.1 Å². The van der Waals surface area contributed by atoms with Crippen molar-refractivity contribution in [3.63, 3.8) is 0 Å². The number of halogens is 1. The van der Waals surface area contributed by atoms with Crippen molar-refractivity contribution in [2.75, 3.05) is 6.54 Å². The van der Waals surface area contributed by atoms with Crippen molar-refractivity contribution >= 4 is 27.6 Å². The molecule has 0 spiro atoms. The van der Waals surface area contributed by atoms with Crippen LogP contribution in [0.3, 0.4) is 0 Å². The van der Waals surface area contributed by atoms with Crippen molar-refractivity contribution in [1.29, 1.82) is 0 Å². The molecule has 0 saturated carbocycles. The van der Waals surface area contributed by atoms with Gasteiger partial charge in [-0.25, -0.2) is 4.39 Å². The molecule has 0 aliphatic carbocycles. The van der Waals surface area contributed by atoms with E-state index in [1.165, 1.54) is 38.0 Å². The predicted molar refractivity (Wildman–Crippen MR) is 124 cm³/mol. The maximum atomic E-state index is 13.6. The number of allylic oxidation sites excluding steroid dienone is 1. The summed E-state index contributed by atoms with van der Waals surface area (Å²) >= 11 is 1.89. The fourth-order valence-corrected chi connectivity index (χ4v) is 5.54. The Bertz CT molecular complexity index is 1200. The Labute approximate surface area is 180 Å². The average Bonchev–Trinajstić information content (AvgIpc) is 3.25. The van der Waals surface area contributed by atoms with Gasteiger partial charge in [0.15, 0.2) is 0 Å². The van der Waals surface area contributed by atoms with E-state index in [1.54, 1.807) is 12.1 Å². The molecule has 30 heavy (non-hydrogen) atoms. The first-order valence-electron chi connectivity index (χ1n) is 10.5. The van der Waals surface area contributed by atoms with Crippen LogP contribution in [0.5, 0.6) is 0 Å². The van der Waals surface area contributed by atoms with E-state index >= 15 is 0 Å². The molecule has 4 heteroatoms. The van der Waals surface area contributed by atoms with E-state index in [-0.39, 0.29) is 5.82 Å². The van der Waals surface area contributed by atoms with E-state index < -0.39 is 0 Å². The molecule has 1 aliphatic heterocycles. The molecule has 2 nitrogen and oxygen atoms in total. The molecule has 0 unspecified atom stereocenters. The SMILES string of the molecule is Cc1cc2c3c(n(CC=Cc4ccccc4)c2s1)CCN(Cc1cccc(F)c1)C3. The molecular weight excluding hydrogens is 391 g/mol. The van der Waals surface area contributed by atoms with Crippen LogP contribution in [0.15, 0.2) is 66.7 Å². The summed E-state index contributed by atoms with van der Waals surface area (Å²) in [6.07, 6.45) is 5.51. The van der Waals surface area contributed by atoms with Crippen molar-refractivity contribution in [2.24, 2.45) is 0 Å². The van der Waals surface area contributed by atoms with Gasteiger partial charge in [-0.05, 0) is 41.8 Å². The second kappa shape index (κ2) is 8.21. The molecule has 152 valence electrons. The number of hydrogen-bond donors (Lipinski definition) is 0. The van der Waals surface area contributed by atoms with Gasteiger partial charge in [0, 0.05) is 48.6 Å². The molecule has 1 aliphatic rings. The molecule has 0 bridgehead atoms. The zero-order chi connectivity index (χ0) is 20.5. The van der Waals surface area contributed by atoms with E-state index in [0.717, 1.165) is 38.2 Å². The highest BCUT2D eigenvalue weighted by atomic mass is 32.1. The summed E-state index contributed by atoms with van der Waals surface area (Å²) in [5.41, 5.74) is 5.19. The molecule has 0 saturated heterocycles. The number of aryl methyl sites for hydroxylation is 1. The van der Waals surface area contributed by atoms with Crippen molar-refractivity contribution in [3.05, 3.63) is 99.8 Å². The van der Waals surface area contributed by atoms with E-state index in [2.05, 4.69) is 58.9 Å². The van der Waals surface area contributed by atoms with Crippen LogP contribution in [0.2, 0.25) is 0 Å². The number of fused-ring (bicyclic) bond motifs is 3. The predicted octanol–water partition coefficient (Wildman–Crippen LogP) is 6.42. The molecule has 2 aromatic heterocycles. The molecule has 4 aromatic rings. The number of rotatable bonds is 5. The summed E-state index contributed by atoms with van der Waals surface area (Å²) in [5.74, 6) is -0.155. The smallest absolute Gasteiger partial charge is 0.123 e. The van der Waals surface area contributed by atoms with Gasteiger partial charge in [-0.15, -0.1) is 11.3 Å². The van der Waals surface area contributed by atoms with E-state index in [4.69, 9.17) is 0 Å². The summed E-state index contributed by atoms with van der Waals surface area (Å²) in [6.45, 7) is 5.80. The normalized spacial score (nSPS) is 14.6. The topological polar surface area (TPSA) is 8.17 Å². The summed E-state index contributed by atoms with van der Waals surface area (Å²) < 4.78 is 16.1. The third kappa shape index (κ3) is 3.85. The summed E-state index contributed by atoms with van der Waals surface area (Å²) in [5, 5.41) is 1.39. The molecule has 0 fully saturated rings. The number of aromatic nitrogens is 1. The zero-order valence-corrected chi connectivity index (χ0v) is 18.0. The molecule has 0 N–H and O–H groups in total. The first kappa shape index (κ1) is 19.3. The van der Waals surface area contributed by atoms with Crippen molar-refractivity contribution < 1.29 is 4.39 Å². The Hall–Kier alpha value is -2.69. The van der Waals surface area contributed by atoms with E-state index in [9.17, 15) is 4.39 Å². The highest BCUT2D eigenvalue weighted by Crippen LogP contribution is 2.36. The van der Waals surface area contributed by atoms with Crippen molar-refractivity contribution in [1.82, 2.24) is 9.47 Å². The first-order chi connectivity index (χ1) is 14.7. The summed E-state index contributed by atoms with van der Waals surface area (Å²) in [7, 11) is 0. The number of thiophene rings is 1. The molecule has 0 radical (unpaired) electrons. The third-order valence-corrected chi connectivity index (χ3v) is 6.89. The van der Waals surface area contributed by atoms with E-state index in [1.807, 2.05) is 23.5 Å². The highest BCUT2D eigenvalue weighted by Gasteiger charge is 2.25. The minimum Gasteiger partial charge on any atom is -0.332 e. The minimum atomic E-state index is -0.155. The van der Waals surface area contributed by atoms with Crippen LogP contribution in [0.4, 0.5) is 4.39 Å². The third-order valence-electron chi connectivity index (χ3n) is 5.82.